The first-order valence-corrected chi connectivity index (χ1v) is 6.48. The molecule has 102 valence electrons. The number of rotatable bonds is 7. The van der Waals surface area contributed by atoms with E-state index in [9.17, 15) is 0 Å². The number of methoxy groups -OCH3 is 1. The molecule has 1 N–H and O–H groups in total. The number of benzene rings is 1. The Kier molecular flexibility index (Phi) is 5.12. The van der Waals surface area contributed by atoms with Crippen molar-refractivity contribution in [3.63, 3.8) is 0 Å². The van der Waals surface area contributed by atoms with Crippen molar-refractivity contribution < 1.29 is 9.47 Å². The zero-order valence-electron chi connectivity index (χ0n) is 11.5. The minimum atomic E-state index is 0.567. The molecule has 4 heteroatoms. The summed E-state index contributed by atoms with van der Waals surface area (Å²) in [6.07, 6.45) is 0.909. The second-order valence-electron chi connectivity index (χ2n) is 4.34. The van der Waals surface area contributed by atoms with E-state index in [0.717, 1.165) is 35.3 Å². The van der Waals surface area contributed by atoms with E-state index in [1.54, 1.807) is 7.11 Å². The third kappa shape index (κ3) is 3.66. The molecule has 1 heterocycles. The summed E-state index contributed by atoms with van der Waals surface area (Å²) in [6, 6.07) is 10.2. The number of para-hydroxylation sites is 1. The van der Waals surface area contributed by atoms with Gasteiger partial charge >= 0.3 is 0 Å². The number of pyridine rings is 1. The highest BCUT2D eigenvalue weighted by Crippen LogP contribution is 2.20. The van der Waals surface area contributed by atoms with Crippen molar-refractivity contribution in [2.75, 3.05) is 32.7 Å². The van der Waals surface area contributed by atoms with Crippen LogP contribution in [0.4, 0.5) is 5.82 Å². The van der Waals surface area contributed by atoms with Crippen molar-refractivity contribution in [3.8, 4) is 0 Å². The van der Waals surface area contributed by atoms with Gasteiger partial charge in [0.15, 0.2) is 0 Å². The Hall–Kier alpha value is -1.65. The van der Waals surface area contributed by atoms with Gasteiger partial charge in [-0.3, -0.25) is 0 Å². The highest BCUT2D eigenvalue weighted by molar-refractivity contribution is 5.81. The lowest BCUT2D eigenvalue weighted by atomic mass is 10.1. The third-order valence-corrected chi connectivity index (χ3v) is 2.93. The topological polar surface area (TPSA) is 43.4 Å². The molecule has 2 aromatic rings. The number of nitrogens with one attached hydrogen (secondary N) is 1. The van der Waals surface area contributed by atoms with Crippen LogP contribution in [0.2, 0.25) is 0 Å². The number of aromatic nitrogens is 1. The molecule has 0 spiro atoms. The van der Waals surface area contributed by atoms with Gasteiger partial charge in [0.2, 0.25) is 0 Å². The molecule has 19 heavy (non-hydrogen) atoms. The van der Waals surface area contributed by atoms with Gasteiger partial charge in [0.05, 0.1) is 12.1 Å². The van der Waals surface area contributed by atoms with E-state index in [0.29, 0.717) is 13.2 Å². The van der Waals surface area contributed by atoms with E-state index in [-0.39, 0.29) is 0 Å². The molecule has 2 rings (SSSR count). The van der Waals surface area contributed by atoms with E-state index in [4.69, 9.17) is 9.47 Å². The van der Waals surface area contributed by atoms with Gasteiger partial charge in [0.1, 0.15) is 5.82 Å². The van der Waals surface area contributed by atoms with Crippen molar-refractivity contribution in [2.45, 2.75) is 13.0 Å². The quantitative estimate of drug-likeness (QED) is 0.777. The van der Waals surface area contributed by atoms with Crippen molar-refractivity contribution >= 4 is 16.7 Å². The number of fused-ring (bicyclic) bond motifs is 1. The number of nitrogens with zero attached hydrogens (tertiary/aromatic N) is 1. The molecule has 0 atom stereocenters. The van der Waals surface area contributed by atoms with Gasteiger partial charge in [-0.1, -0.05) is 18.2 Å². The SMILES string of the molecule is CNc1nc2ccccc2cc1COCCCOC. The first kappa shape index (κ1) is 13.8. The average molecular weight is 260 g/mol. The average Bonchev–Trinajstić information content (AvgIpc) is 2.46. The maximum Gasteiger partial charge on any atom is 0.131 e. The molecule has 0 aliphatic rings. The molecule has 0 saturated carbocycles. The fraction of sp³-hybridized carbons (Fsp3) is 0.400. The second-order valence-corrected chi connectivity index (χ2v) is 4.34. The second kappa shape index (κ2) is 7.07. The standard InChI is InChI=1S/C15H20N2O2/c1-16-15-13(11-19-9-5-8-18-2)10-12-6-3-4-7-14(12)17-15/h3-4,6-7,10H,5,8-9,11H2,1-2H3,(H,16,17). The molecule has 0 aliphatic heterocycles. The van der Waals surface area contributed by atoms with Crippen LogP contribution in [0.1, 0.15) is 12.0 Å². The first-order chi connectivity index (χ1) is 9.35. The molecule has 0 radical (unpaired) electrons. The summed E-state index contributed by atoms with van der Waals surface area (Å²) in [6.45, 7) is 2.00. The molecular formula is C15H20N2O2. The van der Waals surface area contributed by atoms with Gasteiger partial charge in [-0.05, 0) is 18.6 Å². The molecule has 0 unspecified atom stereocenters. The minimum Gasteiger partial charge on any atom is -0.385 e. The lowest BCUT2D eigenvalue weighted by Gasteiger charge is -2.10. The summed E-state index contributed by atoms with van der Waals surface area (Å²) in [5, 5.41) is 4.26. The maximum atomic E-state index is 5.65. The van der Waals surface area contributed by atoms with Gasteiger partial charge < -0.3 is 14.8 Å². The van der Waals surface area contributed by atoms with Crippen LogP contribution in [0.25, 0.3) is 10.9 Å². The lowest BCUT2D eigenvalue weighted by Crippen LogP contribution is -2.03. The summed E-state index contributed by atoms with van der Waals surface area (Å²) in [7, 11) is 3.58. The van der Waals surface area contributed by atoms with Gasteiger partial charge in [0, 0.05) is 38.3 Å². The molecule has 0 saturated heterocycles. The Morgan fingerprint density at radius 2 is 2.05 bits per heavy atom. The van der Waals surface area contributed by atoms with E-state index in [1.165, 1.54) is 0 Å². The first-order valence-electron chi connectivity index (χ1n) is 6.48. The summed E-state index contributed by atoms with van der Waals surface area (Å²) in [4.78, 5) is 4.59. The Balaban J connectivity index is 2.08. The molecule has 0 bridgehead atoms. The largest absolute Gasteiger partial charge is 0.385 e. The highest BCUT2D eigenvalue weighted by atomic mass is 16.5. The summed E-state index contributed by atoms with van der Waals surface area (Å²) in [5.74, 6) is 0.880. The van der Waals surface area contributed by atoms with Crippen LogP contribution in [0, 0.1) is 0 Å². The van der Waals surface area contributed by atoms with Crippen LogP contribution in [-0.4, -0.2) is 32.4 Å². The fourth-order valence-corrected chi connectivity index (χ4v) is 1.97. The zero-order chi connectivity index (χ0) is 13.5. The lowest BCUT2D eigenvalue weighted by molar-refractivity contribution is 0.0931. The molecule has 4 nitrogen and oxygen atoms in total. The number of ether oxygens (including phenoxy) is 2. The van der Waals surface area contributed by atoms with Gasteiger partial charge in [0.25, 0.3) is 0 Å². The predicted octanol–water partition coefficient (Wildman–Crippen LogP) is 2.83. The van der Waals surface area contributed by atoms with Crippen LogP contribution >= 0.6 is 0 Å². The number of anilines is 1. The number of hydrogen-bond acceptors (Lipinski definition) is 4. The summed E-state index contributed by atoms with van der Waals surface area (Å²) < 4.78 is 10.6. The molecule has 1 aromatic heterocycles. The van der Waals surface area contributed by atoms with E-state index in [1.807, 2.05) is 25.2 Å². The smallest absolute Gasteiger partial charge is 0.131 e. The number of hydrogen-bond donors (Lipinski definition) is 1. The predicted molar refractivity (Wildman–Crippen MR) is 77.4 cm³/mol. The van der Waals surface area contributed by atoms with Crippen LogP contribution < -0.4 is 5.32 Å². The van der Waals surface area contributed by atoms with Gasteiger partial charge in [-0.25, -0.2) is 4.98 Å². The van der Waals surface area contributed by atoms with E-state index >= 15 is 0 Å². The molecule has 1 aromatic carbocycles. The van der Waals surface area contributed by atoms with Crippen LogP contribution in [0.3, 0.4) is 0 Å². The molecule has 0 aliphatic carbocycles. The van der Waals surface area contributed by atoms with Crippen molar-refractivity contribution in [2.24, 2.45) is 0 Å². The van der Waals surface area contributed by atoms with Crippen LogP contribution in [0.5, 0.6) is 0 Å². The monoisotopic (exact) mass is 260 g/mol. The highest BCUT2D eigenvalue weighted by Gasteiger charge is 2.05. The van der Waals surface area contributed by atoms with Crippen LogP contribution in [0.15, 0.2) is 30.3 Å². The van der Waals surface area contributed by atoms with Gasteiger partial charge in [-0.2, -0.15) is 0 Å². The van der Waals surface area contributed by atoms with E-state index < -0.39 is 0 Å². The Labute approximate surface area is 113 Å². The van der Waals surface area contributed by atoms with Gasteiger partial charge in [-0.15, -0.1) is 0 Å². The molecule has 0 fully saturated rings. The zero-order valence-corrected chi connectivity index (χ0v) is 11.5. The van der Waals surface area contributed by atoms with Crippen molar-refractivity contribution in [1.29, 1.82) is 0 Å². The third-order valence-electron chi connectivity index (χ3n) is 2.93. The normalized spacial score (nSPS) is 10.8. The van der Waals surface area contributed by atoms with E-state index in [2.05, 4.69) is 22.4 Å². The minimum absolute atomic E-state index is 0.567. The Morgan fingerprint density at radius 1 is 1.21 bits per heavy atom. The molecule has 0 amide bonds. The summed E-state index contributed by atoms with van der Waals surface area (Å²) in [5.41, 5.74) is 2.08. The summed E-state index contributed by atoms with van der Waals surface area (Å²) >= 11 is 0. The van der Waals surface area contributed by atoms with Crippen molar-refractivity contribution in [1.82, 2.24) is 4.98 Å². The molecular weight excluding hydrogens is 240 g/mol. The van der Waals surface area contributed by atoms with Crippen LogP contribution in [-0.2, 0) is 16.1 Å². The maximum absolute atomic E-state index is 5.65. The Bertz CT molecular complexity index is 529. The fourth-order valence-electron chi connectivity index (χ4n) is 1.97. The van der Waals surface area contributed by atoms with Crippen molar-refractivity contribution in [3.05, 3.63) is 35.9 Å². The Morgan fingerprint density at radius 3 is 2.84 bits per heavy atom.